The number of fused-ring (bicyclic) bond motifs is 1. The van der Waals surface area contributed by atoms with E-state index in [2.05, 4.69) is 4.90 Å². The Morgan fingerprint density at radius 2 is 1.48 bits per heavy atom. The van der Waals surface area contributed by atoms with E-state index in [1.165, 1.54) is 4.90 Å². The monoisotopic (exact) mass is 440 g/mol. The van der Waals surface area contributed by atoms with Gasteiger partial charge in [0.1, 0.15) is 0 Å². The lowest BCUT2D eigenvalue weighted by Gasteiger charge is -2.48. The third-order valence-electron chi connectivity index (χ3n) is 6.81. The normalized spacial score (nSPS) is 22.3. The van der Waals surface area contributed by atoms with Crippen molar-refractivity contribution in [3.8, 4) is 0 Å². The van der Waals surface area contributed by atoms with Gasteiger partial charge in [-0.2, -0.15) is 0 Å². The van der Waals surface area contributed by atoms with E-state index in [1.54, 1.807) is 24.3 Å². The Morgan fingerprint density at radius 3 is 2.00 bits per heavy atom. The molecular formula is C24H25ClN2O4. The van der Waals surface area contributed by atoms with Crippen LogP contribution in [-0.2, 0) is 10.3 Å². The number of halogens is 1. The first-order valence-electron chi connectivity index (χ1n) is 10.6. The van der Waals surface area contributed by atoms with Crippen molar-refractivity contribution < 1.29 is 19.4 Å². The number of likely N-dealkylation sites (tertiary alicyclic amines) is 1. The summed E-state index contributed by atoms with van der Waals surface area (Å²) in [5.74, 6) is -0.440. The van der Waals surface area contributed by atoms with Gasteiger partial charge in [-0.25, -0.2) is 0 Å². The van der Waals surface area contributed by atoms with Crippen LogP contribution in [0.4, 0.5) is 0 Å². The van der Waals surface area contributed by atoms with Crippen LogP contribution in [0, 0.1) is 5.41 Å². The molecule has 0 saturated carbocycles. The number of nitrogens with zero attached hydrogens (tertiary/aromatic N) is 2. The zero-order valence-electron chi connectivity index (χ0n) is 17.2. The highest BCUT2D eigenvalue weighted by Gasteiger charge is 2.47. The number of ether oxygens (including phenoxy) is 1. The number of rotatable bonds is 5. The maximum absolute atomic E-state index is 12.8. The van der Waals surface area contributed by atoms with Crippen molar-refractivity contribution in [2.24, 2.45) is 5.41 Å². The quantitative estimate of drug-likeness (QED) is 0.724. The van der Waals surface area contributed by atoms with Gasteiger partial charge in [0, 0.05) is 36.6 Å². The molecule has 2 saturated heterocycles. The molecule has 0 spiro atoms. The van der Waals surface area contributed by atoms with Gasteiger partial charge in [-0.3, -0.25) is 14.5 Å². The molecule has 7 heteroatoms. The van der Waals surface area contributed by atoms with Gasteiger partial charge in [0.05, 0.1) is 29.9 Å². The minimum atomic E-state index is -0.854. The fourth-order valence-electron chi connectivity index (χ4n) is 4.95. The lowest BCUT2D eigenvalue weighted by Crippen LogP contribution is -2.59. The molecule has 0 radical (unpaired) electrons. The molecule has 2 aromatic rings. The lowest BCUT2D eigenvalue weighted by atomic mass is 9.81. The number of hydrogen-bond acceptors (Lipinski definition) is 5. The summed E-state index contributed by atoms with van der Waals surface area (Å²) in [5, 5.41) is 11.8. The zero-order chi connectivity index (χ0) is 21.6. The SMILES string of the molecule is O=C1c2ccccc2C(=O)N1CC1(CN2CCC(O)(c3ccc(Cl)cc3)CC2)COC1. The summed E-state index contributed by atoms with van der Waals surface area (Å²) in [6, 6.07) is 14.4. The van der Waals surface area contributed by atoms with Gasteiger partial charge >= 0.3 is 0 Å². The summed E-state index contributed by atoms with van der Waals surface area (Å²) in [7, 11) is 0. The Hall–Kier alpha value is -2.25. The van der Waals surface area contributed by atoms with E-state index in [1.807, 2.05) is 24.3 Å². The standard InChI is InChI=1S/C24H25ClN2O4/c25-18-7-5-17(6-8-18)24(30)9-11-26(12-10-24)13-23(15-31-16-23)14-27-21(28)19-3-1-2-4-20(19)22(27)29/h1-8,30H,9-16H2. The van der Waals surface area contributed by atoms with Crippen molar-refractivity contribution in [2.45, 2.75) is 18.4 Å². The summed E-state index contributed by atoms with van der Waals surface area (Å²) < 4.78 is 5.52. The average molecular weight is 441 g/mol. The molecule has 5 rings (SSSR count). The Morgan fingerprint density at radius 1 is 0.903 bits per heavy atom. The predicted molar refractivity (Wildman–Crippen MR) is 116 cm³/mol. The molecule has 3 aliphatic rings. The van der Waals surface area contributed by atoms with Crippen molar-refractivity contribution in [1.82, 2.24) is 9.80 Å². The first kappa shape index (κ1) is 20.6. The summed E-state index contributed by atoms with van der Waals surface area (Å²) in [6.45, 7) is 3.62. The number of carbonyl (C=O) groups excluding carboxylic acids is 2. The van der Waals surface area contributed by atoms with Gasteiger partial charge in [-0.15, -0.1) is 0 Å². The number of benzene rings is 2. The van der Waals surface area contributed by atoms with Crippen LogP contribution in [0.15, 0.2) is 48.5 Å². The van der Waals surface area contributed by atoms with Crippen molar-refractivity contribution in [1.29, 1.82) is 0 Å². The molecular weight excluding hydrogens is 416 g/mol. The van der Waals surface area contributed by atoms with Gasteiger partial charge < -0.3 is 14.7 Å². The van der Waals surface area contributed by atoms with E-state index >= 15 is 0 Å². The second kappa shape index (κ2) is 7.71. The lowest BCUT2D eigenvalue weighted by molar-refractivity contribution is -0.139. The molecule has 3 heterocycles. The van der Waals surface area contributed by atoms with Gasteiger partial charge in [-0.1, -0.05) is 35.9 Å². The highest BCUT2D eigenvalue weighted by atomic mass is 35.5. The van der Waals surface area contributed by atoms with Crippen LogP contribution < -0.4 is 0 Å². The van der Waals surface area contributed by atoms with Crippen LogP contribution >= 0.6 is 11.6 Å². The number of imide groups is 1. The summed E-state index contributed by atoms with van der Waals surface area (Å²) in [4.78, 5) is 29.3. The number of carbonyl (C=O) groups is 2. The number of amides is 2. The Balaban J connectivity index is 1.24. The Bertz CT molecular complexity index is 975. The summed E-state index contributed by atoms with van der Waals surface area (Å²) in [6.07, 6.45) is 1.25. The molecule has 2 amide bonds. The third kappa shape index (κ3) is 3.68. The summed E-state index contributed by atoms with van der Waals surface area (Å²) in [5.41, 5.74) is 0.739. The van der Waals surface area contributed by atoms with E-state index < -0.39 is 5.60 Å². The van der Waals surface area contributed by atoms with E-state index in [9.17, 15) is 14.7 Å². The van der Waals surface area contributed by atoms with Crippen molar-refractivity contribution in [3.63, 3.8) is 0 Å². The molecule has 0 aliphatic carbocycles. The zero-order valence-corrected chi connectivity index (χ0v) is 18.0. The molecule has 0 atom stereocenters. The molecule has 3 aliphatic heterocycles. The fraction of sp³-hybridized carbons (Fsp3) is 0.417. The molecule has 2 aromatic carbocycles. The van der Waals surface area contributed by atoms with E-state index in [-0.39, 0.29) is 17.2 Å². The minimum absolute atomic E-state index is 0.220. The maximum atomic E-state index is 12.8. The molecule has 2 fully saturated rings. The van der Waals surface area contributed by atoms with Gasteiger partial charge in [0.25, 0.3) is 11.8 Å². The molecule has 162 valence electrons. The first-order chi connectivity index (χ1) is 14.9. The Labute approximate surface area is 186 Å². The molecule has 0 unspecified atom stereocenters. The Kier molecular flexibility index (Phi) is 5.13. The van der Waals surface area contributed by atoms with E-state index in [0.717, 1.165) is 25.2 Å². The molecule has 0 aromatic heterocycles. The third-order valence-corrected chi connectivity index (χ3v) is 7.06. The van der Waals surface area contributed by atoms with Crippen LogP contribution in [0.3, 0.4) is 0 Å². The highest BCUT2D eigenvalue weighted by molar-refractivity contribution is 6.30. The van der Waals surface area contributed by atoms with E-state index in [4.69, 9.17) is 16.3 Å². The number of hydrogen-bond donors (Lipinski definition) is 1. The molecule has 0 bridgehead atoms. The topological polar surface area (TPSA) is 70.1 Å². The highest BCUT2D eigenvalue weighted by Crippen LogP contribution is 2.37. The van der Waals surface area contributed by atoms with Gasteiger partial charge in [-0.05, 0) is 42.7 Å². The predicted octanol–water partition coefficient (Wildman–Crippen LogP) is 2.94. The first-order valence-corrected chi connectivity index (χ1v) is 11.0. The van der Waals surface area contributed by atoms with Gasteiger partial charge in [0.15, 0.2) is 0 Å². The van der Waals surface area contributed by atoms with Gasteiger partial charge in [0.2, 0.25) is 0 Å². The molecule has 31 heavy (non-hydrogen) atoms. The molecule has 6 nitrogen and oxygen atoms in total. The van der Waals surface area contributed by atoms with Crippen LogP contribution in [0.25, 0.3) is 0 Å². The van der Waals surface area contributed by atoms with Crippen LogP contribution in [0.2, 0.25) is 5.02 Å². The maximum Gasteiger partial charge on any atom is 0.261 e. The number of aliphatic hydroxyl groups is 1. The minimum Gasteiger partial charge on any atom is -0.385 e. The fourth-order valence-corrected chi connectivity index (χ4v) is 5.07. The number of piperidine rings is 1. The smallest absolute Gasteiger partial charge is 0.261 e. The molecule has 1 N–H and O–H groups in total. The van der Waals surface area contributed by atoms with Crippen LogP contribution in [-0.4, -0.2) is 66.1 Å². The van der Waals surface area contributed by atoms with Crippen molar-refractivity contribution in [3.05, 3.63) is 70.2 Å². The van der Waals surface area contributed by atoms with Crippen molar-refractivity contribution >= 4 is 23.4 Å². The van der Waals surface area contributed by atoms with Crippen LogP contribution in [0.1, 0.15) is 39.1 Å². The second-order valence-electron chi connectivity index (χ2n) is 9.05. The largest absolute Gasteiger partial charge is 0.385 e. The van der Waals surface area contributed by atoms with Crippen molar-refractivity contribution in [2.75, 3.05) is 39.4 Å². The van der Waals surface area contributed by atoms with Crippen LogP contribution in [0.5, 0.6) is 0 Å². The average Bonchev–Trinajstić information content (AvgIpc) is 2.99. The second-order valence-corrected chi connectivity index (χ2v) is 9.49. The van der Waals surface area contributed by atoms with E-state index in [0.29, 0.717) is 48.7 Å². The summed E-state index contributed by atoms with van der Waals surface area (Å²) >= 11 is 5.98.